The molecule has 4 atom stereocenters. The molecular weight excluding hydrogens is 284 g/mol. The standard InChI is InChI=1S/C21H20O2/c22-20-12-16(14-7-3-1-4-8-14)18-11-19(20)17(13-21(18)23)15-9-5-2-6-10-15/h1-10,16-19H,11-13H2/t16-,17-,18+,19+/m1/s1/i1D,3D,4D,7D,8D. The molecule has 2 nitrogen and oxygen atoms in total. The third-order valence-corrected chi connectivity index (χ3v) is 5.27. The Bertz CT molecular complexity index is 942. The van der Waals surface area contributed by atoms with Gasteiger partial charge in [-0.25, -0.2) is 0 Å². The number of carbonyl (C=O) groups is 2. The van der Waals surface area contributed by atoms with E-state index in [1.165, 1.54) is 0 Å². The Hall–Kier alpha value is -2.22. The van der Waals surface area contributed by atoms with Gasteiger partial charge in [0.1, 0.15) is 11.6 Å². The maximum atomic E-state index is 13.0. The largest absolute Gasteiger partial charge is 0.299 e. The molecule has 0 spiro atoms. The van der Waals surface area contributed by atoms with Gasteiger partial charge in [-0.1, -0.05) is 60.5 Å². The van der Waals surface area contributed by atoms with E-state index < -0.39 is 30.0 Å². The maximum Gasteiger partial charge on any atom is 0.137 e. The summed E-state index contributed by atoms with van der Waals surface area (Å²) < 4.78 is 40.0. The predicted octanol–water partition coefficient (Wildman–Crippen LogP) is 4.12. The van der Waals surface area contributed by atoms with E-state index >= 15 is 0 Å². The third-order valence-electron chi connectivity index (χ3n) is 5.27. The molecule has 0 heterocycles. The molecule has 116 valence electrons. The third kappa shape index (κ3) is 2.52. The quantitative estimate of drug-likeness (QED) is 0.836. The summed E-state index contributed by atoms with van der Waals surface area (Å²) in [6.45, 7) is 0. The monoisotopic (exact) mass is 309 g/mol. The fourth-order valence-corrected chi connectivity index (χ4v) is 4.13. The lowest BCUT2D eigenvalue weighted by molar-refractivity contribution is -0.137. The first-order valence-electron chi connectivity index (χ1n) is 10.5. The van der Waals surface area contributed by atoms with Crippen LogP contribution in [0.25, 0.3) is 0 Å². The Kier molecular flexibility index (Phi) is 2.46. The molecule has 2 fully saturated rings. The van der Waals surface area contributed by atoms with E-state index in [-0.39, 0.29) is 53.9 Å². The molecule has 2 bridgehead atoms. The second kappa shape index (κ2) is 5.77. The normalized spacial score (nSPS) is 33.3. The Morgan fingerprint density at radius 2 is 1.30 bits per heavy atom. The fourth-order valence-electron chi connectivity index (χ4n) is 4.13. The molecule has 0 N–H and O–H groups in total. The summed E-state index contributed by atoms with van der Waals surface area (Å²) in [5.74, 6) is -1.51. The molecular formula is C21H20O2. The second-order valence-corrected chi connectivity index (χ2v) is 6.45. The number of carbonyl (C=O) groups excluding carboxylic acids is 2. The van der Waals surface area contributed by atoms with E-state index in [4.69, 9.17) is 6.85 Å². The van der Waals surface area contributed by atoms with Gasteiger partial charge >= 0.3 is 0 Å². The predicted molar refractivity (Wildman–Crippen MR) is 89.2 cm³/mol. The van der Waals surface area contributed by atoms with Crippen LogP contribution in [-0.2, 0) is 9.59 Å². The highest BCUT2D eigenvalue weighted by Gasteiger charge is 2.48. The van der Waals surface area contributed by atoms with Crippen LogP contribution in [0.2, 0.25) is 0 Å². The van der Waals surface area contributed by atoms with Crippen molar-refractivity contribution in [3.8, 4) is 0 Å². The average molecular weight is 309 g/mol. The molecule has 0 aromatic heterocycles. The van der Waals surface area contributed by atoms with Crippen LogP contribution in [0.3, 0.4) is 0 Å². The summed E-state index contributed by atoms with van der Waals surface area (Å²) >= 11 is 0. The SMILES string of the molecule is [2H]c1c([2H])c([2H])c([C@H]2CC(=O)[C@H]3C[C@@H]2C(=O)C[C@@H]3c2ccccc2)c([2H])c1[2H]. The highest BCUT2D eigenvalue weighted by Crippen LogP contribution is 2.49. The molecule has 23 heavy (non-hydrogen) atoms. The van der Waals surface area contributed by atoms with Gasteiger partial charge in [-0.15, -0.1) is 0 Å². The topological polar surface area (TPSA) is 34.1 Å². The number of hydrogen-bond donors (Lipinski definition) is 0. The molecule has 2 aliphatic carbocycles. The Labute approximate surface area is 143 Å². The molecule has 2 aliphatic rings. The van der Waals surface area contributed by atoms with Gasteiger partial charge in [-0.3, -0.25) is 9.59 Å². The summed E-state index contributed by atoms with van der Waals surface area (Å²) in [5.41, 5.74) is 1.09. The van der Waals surface area contributed by atoms with Crippen LogP contribution in [0, 0.1) is 11.8 Å². The number of benzene rings is 2. The molecule has 0 aliphatic heterocycles. The van der Waals surface area contributed by atoms with Gasteiger partial charge in [0.05, 0.1) is 6.85 Å². The molecule has 0 saturated heterocycles. The minimum Gasteiger partial charge on any atom is -0.299 e. The van der Waals surface area contributed by atoms with Crippen molar-refractivity contribution in [3.63, 3.8) is 0 Å². The highest BCUT2D eigenvalue weighted by atomic mass is 16.1. The van der Waals surface area contributed by atoms with Crippen LogP contribution in [0.15, 0.2) is 60.5 Å². The van der Waals surface area contributed by atoms with E-state index in [0.717, 1.165) is 5.56 Å². The van der Waals surface area contributed by atoms with E-state index in [1.54, 1.807) is 0 Å². The molecule has 0 radical (unpaired) electrons. The zero-order valence-electron chi connectivity index (χ0n) is 17.6. The van der Waals surface area contributed by atoms with Crippen molar-refractivity contribution in [2.24, 2.45) is 11.8 Å². The Morgan fingerprint density at radius 1 is 0.739 bits per heavy atom. The number of fused-ring (bicyclic) bond motifs is 2. The number of ketones is 2. The number of rotatable bonds is 2. The maximum absolute atomic E-state index is 13.0. The Balaban J connectivity index is 1.74. The molecule has 2 saturated carbocycles. The average Bonchev–Trinajstić information content (AvgIpc) is 2.70. The second-order valence-electron chi connectivity index (χ2n) is 6.45. The van der Waals surface area contributed by atoms with Crippen LogP contribution in [0.1, 0.15) is 49.1 Å². The van der Waals surface area contributed by atoms with Crippen LogP contribution in [0.4, 0.5) is 0 Å². The zero-order valence-corrected chi connectivity index (χ0v) is 12.6. The van der Waals surface area contributed by atoms with E-state index in [2.05, 4.69) is 0 Å². The minimum absolute atomic E-state index is 0.00872. The van der Waals surface area contributed by atoms with Crippen molar-refractivity contribution in [2.45, 2.75) is 31.1 Å². The van der Waals surface area contributed by atoms with E-state index in [0.29, 0.717) is 6.42 Å². The summed E-state index contributed by atoms with van der Waals surface area (Å²) in [6.07, 6.45) is 0.669. The first kappa shape index (κ1) is 9.82. The van der Waals surface area contributed by atoms with E-state index in [1.807, 2.05) is 30.3 Å². The van der Waals surface area contributed by atoms with Crippen molar-refractivity contribution in [3.05, 3.63) is 71.7 Å². The van der Waals surface area contributed by atoms with Gasteiger partial charge < -0.3 is 0 Å². The van der Waals surface area contributed by atoms with Crippen molar-refractivity contribution in [1.82, 2.24) is 0 Å². The smallest absolute Gasteiger partial charge is 0.137 e. The van der Waals surface area contributed by atoms with Crippen LogP contribution in [-0.4, -0.2) is 11.6 Å². The van der Waals surface area contributed by atoms with Gasteiger partial charge in [-0.2, -0.15) is 0 Å². The van der Waals surface area contributed by atoms with Gasteiger partial charge in [-0.05, 0) is 17.5 Å². The van der Waals surface area contributed by atoms with Crippen LogP contribution < -0.4 is 0 Å². The van der Waals surface area contributed by atoms with Gasteiger partial charge in [0.2, 0.25) is 0 Å². The fraction of sp³-hybridized carbons (Fsp3) is 0.333. The lowest BCUT2D eigenvalue weighted by Crippen LogP contribution is -2.43. The van der Waals surface area contributed by atoms with E-state index in [9.17, 15) is 9.59 Å². The molecule has 4 rings (SSSR count). The summed E-state index contributed by atoms with van der Waals surface area (Å²) in [5, 5.41) is 0. The number of Topliss-reactive ketones (excluding diaryl/α,β-unsaturated/α-hetero) is 2. The van der Waals surface area contributed by atoms with Gasteiger partial charge in [0, 0.05) is 36.5 Å². The van der Waals surface area contributed by atoms with Crippen molar-refractivity contribution in [2.75, 3.05) is 0 Å². The minimum atomic E-state index is -0.651. The molecule has 0 unspecified atom stereocenters. The lowest BCUT2D eigenvalue weighted by Gasteiger charge is -2.42. The Morgan fingerprint density at radius 3 is 1.91 bits per heavy atom. The van der Waals surface area contributed by atoms with Crippen molar-refractivity contribution in [1.29, 1.82) is 0 Å². The summed E-state index contributed by atoms with van der Waals surface area (Å²) in [4.78, 5) is 25.9. The first-order chi connectivity index (χ1) is 13.3. The van der Waals surface area contributed by atoms with Gasteiger partial charge in [0.25, 0.3) is 0 Å². The number of hydrogen-bond acceptors (Lipinski definition) is 2. The zero-order chi connectivity index (χ0) is 20.2. The summed E-state index contributed by atoms with van der Waals surface area (Å²) in [6, 6.07) is 7.66. The lowest BCUT2D eigenvalue weighted by atomic mass is 9.59. The molecule has 2 heteroatoms. The van der Waals surface area contributed by atoms with Gasteiger partial charge in [0.15, 0.2) is 0 Å². The van der Waals surface area contributed by atoms with Crippen molar-refractivity contribution < 1.29 is 16.4 Å². The van der Waals surface area contributed by atoms with Crippen LogP contribution in [0.5, 0.6) is 0 Å². The summed E-state index contributed by atoms with van der Waals surface area (Å²) in [7, 11) is 0. The molecule has 2 aromatic carbocycles. The molecule has 2 aromatic rings. The van der Waals surface area contributed by atoms with Crippen LogP contribution >= 0.6 is 0 Å². The highest BCUT2D eigenvalue weighted by molar-refractivity contribution is 5.93. The van der Waals surface area contributed by atoms with Crippen molar-refractivity contribution >= 4 is 11.6 Å². The first-order valence-corrected chi connectivity index (χ1v) is 7.98. The molecule has 0 amide bonds.